The van der Waals surface area contributed by atoms with Gasteiger partial charge in [-0.2, -0.15) is 5.10 Å². The van der Waals surface area contributed by atoms with Gasteiger partial charge in [0.05, 0.1) is 18.8 Å². The van der Waals surface area contributed by atoms with Crippen molar-refractivity contribution in [2.75, 3.05) is 13.1 Å². The van der Waals surface area contributed by atoms with Crippen molar-refractivity contribution in [2.45, 2.75) is 70.6 Å². The number of carbonyl (C=O) groups is 1. The number of ether oxygens (including phenoxy) is 1. The Hall–Kier alpha value is -1.56. The van der Waals surface area contributed by atoms with Gasteiger partial charge < -0.3 is 14.7 Å². The fourth-order valence-corrected chi connectivity index (χ4v) is 3.25. The molecule has 1 N–H and O–H groups in total. The SMILES string of the molecule is CC(C)(C)OC(=O)N1CCC(c2c(CO)cnn2C2CC2)CC1. The van der Waals surface area contributed by atoms with E-state index in [1.165, 1.54) is 18.5 Å². The summed E-state index contributed by atoms with van der Waals surface area (Å²) in [4.78, 5) is 14.0. The number of rotatable bonds is 3. The summed E-state index contributed by atoms with van der Waals surface area (Å²) in [5, 5.41) is 14.1. The molecule has 1 amide bonds. The number of aromatic nitrogens is 2. The minimum atomic E-state index is -0.456. The van der Waals surface area contributed by atoms with Gasteiger partial charge in [-0.3, -0.25) is 4.68 Å². The number of aliphatic hydroxyl groups is 1. The third-order valence-electron chi connectivity index (χ3n) is 4.51. The van der Waals surface area contributed by atoms with E-state index >= 15 is 0 Å². The summed E-state index contributed by atoms with van der Waals surface area (Å²) in [6.07, 6.45) is 5.71. The van der Waals surface area contributed by atoms with Gasteiger partial charge in [0, 0.05) is 30.3 Å². The van der Waals surface area contributed by atoms with E-state index in [0.29, 0.717) is 25.0 Å². The maximum atomic E-state index is 12.2. The molecule has 1 aromatic rings. The molecule has 0 aromatic carbocycles. The summed E-state index contributed by atoms with van der Waals surface area (Å²) in [6.45, 7) is 7.09. The van der Waals surface area contributed by atoms with Crippen LogP contribution in [0.4, 0.5) is 4.79 Å². The van der Waals surface area contributed by atoms with Gasteiger partial charge in [0.15, 0.2) is 0 Å². The molecule has 6 nitrogen and oxygen atoms in total. The van der Waals surface area contributed by atoms with Gasteiger partial charge in [0.2, 0.25) is 0 Å². The Kier molecular flexibility index (Phi) is 4.36. The Bertz CT molecular complexity index is 564. The molecule has 0 unspecified atom stereocenters. The first-order valence-electron chi connectivity index (χ1n) is 8.54. The summed E-state index contributed by atoms with van der Waals surface area (Å²) < 4.78 is 7.56. The van der Waals surface area contributed by atoms with Crippen molar-refractivity contribution in [2.24, 2.45) is 0 Å². The number of likely N-dealkylation sites (tertiary alicyclic amines) is 1. The second-order valence-corrected chi connectivity index (χ2v) is 7.63. The topological polar surface area (TPSA) is 67.6 Å². The quantitative estimate of drug-likeness (QED) is 0.929. The molecular weight excluding hydrogens is 294 g/mol. The number of hydrogen-bond donors (Lipinski definition) is 1. The minimum Gasteiger partial charge on any atom is -0.444 e. The standard InChI is InChI=1S/C17H27N3O3/c1-17(2,3)23-16(22)19-8-6-12(7-9-19)15-13(11-21)10-18-20(15)14-4-5-14/h10,12,14,21H,4-9,11H2,1-3H3. The van der Waals surface area contributed by atoms with Crippen LogP contribution in [-0.2, 0) is 11.3 Å². The fraction of sp³-hybridized carbons (Fsp3) is 0.765. The minimum absolute atomic E-state index is 0.0360. The molecule has 0 bridgehead atoms. The lowest BCUT2D eigenvalue weighted by Gasteiger charge is -2.34. The van der Waals surface area contributed by atoms with Crippen molar-refractivity contribution in [1.29, 1.82) is 0 Å². The highest BCUT2D eigenvalue weighted by atomic mass is 16.6. The van der Waals surface area contributed by atoms with E-state index in [9.17, 15) is 9.90 Å². The van der Waals surface area contributed by atoms with Crippen molar-refractivity contribution >= 4 is 6.09 Å². The predicted octanol–water partition coefficient (Wildman–Crippen LogP) is 2.82. The summed E-state index contributed by atoms with van der Waals surface area (Å²) in [5.41, 5.74) is 1.66. The van der Waals surface area contributed by atoms with E-state index in [2.05, 4.69) is 9.78 Å². The van der Waals surface area contributed by atoms with Crippen LogP contribution in [0.25, 0.3) is 0 Å². The number of hydrogen-bond acceptors (Lipinski definition) is 4. The Balaban J connectivity index is 1.65. The maximum absolute atomic E-state index is 12.2. The van der Waals surface area contributed by atoms with E-state index in [0.717, 1.165) is 18.4 Å². The molecule has 6 heteroatoms. The molecule has 1 saturated carbocycles. The molecule has 3 rings (SSSR count). The van der Waals surface area contributed by atoms with E-state index in [1.54, 1.807) is 11.1 Å². The normalized spacial score (nSPS) is 19.9. The van der Waals surface area contributed by atoms with Crippen molar-refractivity contribution in [3.05, 3.63) is 17.5 Å². The highest BCUT2D eigenvalue weighted by molar-refractivity contribution is 5.68. The predicted molar refractivity (Wildman–Crippen MR) is 86.2 cm³/mol. The van der Waals surface area contributed by atoms with Crippen molar-refractivity contribution in [3.8, 4) is 0 Å². The average Bonchev–Trinajstić information content (AvgIpc) is 3.24. The molecule has 0 radical (unpaired) electrons. The van der Waals surface area contributed by atoms with Crippen LogP contribution in [-0.4, -0.2) is 44.6 Å². The van der Waals surface area contributed by atoms with E-state index in [-0.39, 0.29) is 12.7 Å². The fourth-order valence-electron chi connectivity index (χ4n) is 3.25. The van der Waals surface area contributed by atoms with Crippen LogP contribution in [0.3, 0.4) is 0 Å². The number of nitrogens with zero attached hydrogens (tertiary/aromatic N) is 3. The molecule has 128 valence electrons. The highest BCUT2D eigenvalue weighted by Gasteiger charge is 2.34. The van der Waals surface area contributed by atoms with Gasteiger partial charge in [-0.15, -0.1) is 0 Å². The molecule has 1 saturated heterocycles. The molecule has 2 aliphatic rings. The second kappa shape index (κ2) is 6.15. The molecule has 2 fully saturated rings. The number of carbonyl (C=O) groups excluding carboxylic acids is 1. The molecule has 0 atom stereocenters. The zero-order valence-corrected chi connectivity index (χ0v) is 14.3. The molecular formula is C17H27N3O3. The zero-order valence-electron chi connectivity index (χ0n) is 14.3. The molecule has 2 heterocycles. The van der Waals surface area contributed by atoms with Crippen LogP contribution in [0, 0.1) is 0 Å². The molecule has 1 aromatic heterocycles. The lowest BCUT2D eigenvalue weighted by Crippen LogP contribution is -2.41. The van der Waals surface area contributed by atoms with Crippen LogP contribution in [0.2, 0.25) is 0 Å². The highest BCUT2D eigenvalue weighted by Crippen LogP contribution is 2.40. The van der Waals surface area contributed by atoms with Crippen molar-refractivity contribution in [3.63, 3.8) is 0 Å². The first-order chi connectivity index (χ1) is 10.9. The summed E-state index contributed by atoms with van der Waals surface area (Å²) >= 11 is 0. The van der Waals surface area contributed by atoms with Crippen molar-refractivity contribution < 1.29 is 14.6 Å². The maximum Gasteiger partial charge on any atom is 0.410 e. The molecule has 0 spiro atoms. The third-order valence-corrected chi connectivity index (χ3v) is 4.51. The number of aliphatic hydroxyl groups excluding tert-OH is 1. The largest absolute Gasteiger partial charge is 0.444 e. The van der Waals surface area contributed by atoms with Gasteiger partial charge in [-0.1, -0.05) is 0 Å². The van der Waals surface area contributed by atoms with E-state index in [4.69, 9.17) is 4.74 Å². The molecule has 23 heavy (non-hydrogen) atoms. The van der Waals surface area contributed by atoms with Crippen LogP contribution in [0.5, 0.6) is 0 Å². The monoisotopic (exact) mass is 321 g/mol. The Morgan fingerprint density at radius 3 is 2.48 bits per heavy atom. The van der Waals surface area contributed by atoms with Crippen molar-refractivity contribution in [1.82, 2.24) is 14.7 Å². The second-order valence-electron chi connectivity index (χ2n) is 7.63. The zero-order chi connectivity index (χ0) is 16.6. The van der Waals surface area contributed by atoms with Crippen LogP contribution in [0.1, 0.15) is 69.7 Å². The van der Waals surface area contributed by atoms with Crippen LogP contribution < -0.4 is 0 Å². The van der Waals surface area contributed by atoms with Gasteiger partial charge in [-0.05, 0) is 46.5 Å². The Labute approximate surface area is 137 Å². The first-order valence-corrected chi connectivity index (χ1v) is 8.54. The van der Waals surface area contributed by atoms with E-state index < -0.39 is 5.60 Å². The number of piperidine rings is 1. The third kappa shape index (κ3) is 3.68. The summed E-state index contributed by atoms with van der Waals surface area (Å²) in [6, 6.07) is 0.509. The Morgan fingerprint density at radius 1 is 1.30 bits per heavy atom. The van der Waals surface area contributed by atoms with Crippen LogP contribution >= 0.6 is 0 Å². The molecule has 1 aliphatic heterocycles. The molecule has 1 aliphatic carbocycles. The van der Waals surface area contributed by atoms with Gasteiger partial charge in [0.25, 0.3) is 0 Å². The Morgan fingerprint density at radius 2 is 1.96 bits per heavy atom. The van der Waals surface area contributed by atoms with Gasteiger partial charge in [0.1, 0.15) is 5.60 Å². The van der Waals surface area contributed by atoms with Gasteiger partial charge >= 0.3 is 6.09 Å². The lowest BCUT2D eigenvalue weighted by atomic mass is 9.91. The smallest absolute Gasteiger partial charge is 0.410 e. The number of amides is 1. The van der Waals surface area contributed by atoms with Crippen LogP contribution in [0.15, 0.2) is 6.20 Å². The van der Waals surface area contributed by atoms with E-state index in [1.807, 2.05) is 20.8 Å². The average molecular weight is 321 g/mol. The lowest BCUT2D eigenvalue weighted by molar-refractivity contribution is 0.0202. The summed E-state index contributed by atoms with van der Waals surface area (Å²) in [5.74, 6) is 0.360. The summed E-state index contributed by atoms with van der Waals surface area (Å²) in [7, 11) is 0. The first kappa shape index (κ1) is 16.3. The van der Waals surface area contributed by atoms with Gasteiger partial charge in [-0.25, -0.2) is 4.79 Å².